The number of hydrogen-bond donors (Lipinski definition) is 1. The highest BCUT2D eigenvalue weighted by Gasteiger charge is 2.31. The zero-order chi connectivity index (χ0) is 9.68. The number of esters is 1. The third-order valence-electron chi connectivity index (χ3n) is 2.32. The van der Waals surface area contributed by atoms with E-state index in [1.807, 2.05) is 6.92 Å². The highest BCUT2D eigenvalue weighted by atomic mass is 16.5. The second-order valence-electron chi connectivity index (χ2n) is 3.18. The highest BCUT2D eigenvalue weighted by molar-refractivity contribution is 5.76. The number of ether oxygens (including phenoxy) is 2. The quantitative estimate of drug-likeness (QED) is 0.637. The molecule has 13 heavy (non-hydrogen) atoms. The fourth-order valence-corrected chi connectivity index (χ4v) is 1.60. The van der Waals surface area contributed by atoms with Crippen molar-refractivity contribution >= 4 is 5.97 Å². The molecule has 0 aliphatic carbocycles. The van der Waals surface area contributed by atoms with Crippen LogP contribution in [0.15, 0.2) is 0 Å². The first-order valence-corrected chi connectivity index (χ1v) is 4.68. The molecule has 1 fully saturated rings. The summed E-state index contributed by atoms with van der Waals surface area (Å²) < 4.78 is 9.95. The lowest BCUT2D eigenvalue weighted by atomic mass is 9.99. The van der Waals surface area contributed by atoms with Crippen LogP contribution in [-0.2, 0) is 14.3 Å². The maximum absolute atomic E-state index is 11.3. The van der Waals surface area contributed by atoms with E-state index in [-0.39, 0.29) is 17.9 Å². The minimum absolute atomic E-state index is 0.183. The summed E-state index contributed by atoms with van der Waals surface area (Å²) in [5.41, 5.74) is 0. The Balaban J connectivity index is 2.49. The topological polar surface area (TPSA) is 47.6 Å². The van der Waals surface area contributed by atoms with Crippen LogP contribution in [-0.4, -0.2) is 38.9 Å². The number of hydrogen-bond acceptors (Lipinski definition) is 4. The van der Waals surface area contributed by atoms with Crippen LogP contribution in [0.4, 0.5) is 0 Å². The fraction of sp³-hybridized carbons (Fsp3) is 0.889. The van der Waals surface area contributed by atoms with E-state index in [0.29, 0.717) is 6.61 Å². The maximum Gasteiger partial charge on any atom is 0.323 e. The van der Waals surface area contributed by atoms with E-state index >= 15 is 0 Å². The first kappa shape index (κ1) is 10.5. The van der Waals surface area contributed by atoms with Gasteiger partial charge in [0.2, 0.25) is 0 Å². The van der Waals surface area contributed by atoms with Gasteiger partial charge < -0.3 is 14.8 Å². The average molecular weight is 187 g/mol. The molecule has 0 bridgehead atoms. The maximum atomic E-state index is 11.3. The van der Waals surface area contributed by atoms with Crippen molar-refractivity contribution in [1.82, 2.24) is 5.32 Å². The molecular formula is C9H17NO3. The molecular weight excluding hydrogens is 170 g/mol. The Morgan fingerprint density at radius 1 is 1.77 bits per heavy atom. The van der Waals surface area contributed by atoms with Crippen molar-refractivity contribution in [2.45, 2.75) is 19.4 Å². The van der Waals surface area contributed by atoms with Crippen LogP contribution < -0.4 is 5.32 Å². The molecule has 1 aliphatic heterocycles. The predicted molar refractivity (Wildman–Crippen MR) is 48.4 cm³/mol. The molecule has 1 N–H and O–H groups in total. The van der Waals surface area contributed by atoms with E-state index in [9.17, 15) is 4.79 Å². The largest absolute Gasteiger partial charge is 0.468 e. The minimum atomic E-state index is -0.197. The summed E-state index contributed by atoms with van der Waals surface area (Å²) in [6, 6.07) is -0.197. The molecule has 0 saturated carbocycles. The lowest BCUT2D eigenvalue weighted by molar-refractivity contribution is -0.144. The second-order valence-corrected chi connectivity index (χ2v) is 3.18. The van der Waals surface area contributed by atoms with Gasteiger partial charge in [-0.1, -0.05) is 6.92 Å². The number of rotatable bonds is 4. The lowest BCUT2D eigenvalue weighted by Gasteiger charge is -2.20. The van der Waals surface area contributed by atoms with Gasteiger partial charge in [0, 0.05) is 12.5 Å². The highest BCUT2D eigenvalue weighted by Crippen LogP contribution is 2.17. The monoisotopic (exact) mass is 187 g/mol. The zero-order valence-electron chi connectivity index (χ0n) is 8.21. The molecule has 1 rings (SSSR count). The molecule has 2 atom stereocenters. The van der Waals surface area contributed by atoms with E-state index in [4.69, 9.17) is 9.47 Å². The van der Waals surface area contributed by atoms with Crippen molar-refractivity contribution in [2.24, 2.45) is 5.92 Å². The van der Waals surface area contributed by atoms with Crippen molar-refractivity contribution < 1.29 is 14.3 Å². The number of nitrogens with one attached hydrogen (secondary N) is 1. The van der Waals surface area contributed by atoms with Gasteiger partial charge in [0.05, 0.1) is 13.7 Å². The molecule has 0 amide bonds. The SMILES string of the molecule is CCNC(C(=O)OC)C1CCOC1. The first-order valence-electron chi connectivity index (χ1n) is 4.68. The summed E-state index contributed by atoms with van der Waals surface area (Å²) in [4.78, 5) is 11.3. The van der Waals surface area contributed by atoms with Crippen molar-refractivity contribution in [3.63, 3.8) is 0 Å². The van der Waals surface area contributed by atoms with Crippen molar-refractivity contribution in [1.29, 1.82) is 0 Å². The minimum Gasteiger partial charge on any atom is -0.468 e. The Bertz CT molecular complexity index is 166. The van der Waals surface area contributed by atoms with Gasteiger partial charge in [0.15, 0.2) is 0 Å². The smallest absolute Gasteiger partial charge is 0.323 e. The zero-order valence-corrected chi connectivity index (χ0v) is 8.21. The Labute approximate surface area is 78.6 Å². The summed E-state index contributed by atoms with van der Waals surface area (Å²) in [5, 5.41) is 3.12. The fourth-order valence-electron chi connectivity index (χ4n) is 1.60. The molecule has 1 saturated heterocycles. The molecule has 1 heterocycles. The Hall–Kier alpha value is -0.610. The van der Waals surface area contributed by atoms with Crippen LogP contribution in [0.3, 0.4) is 0 Å². The Kier molecular flexibility index (Phi) is 4.18. The summed E-state index contributed by atoms with van der Waals surface area (Å²) in [7, 11) is 1.42. The summed E-state index contributed by atoms with van der Waals surface area (Å²) >= 11 is 0. The van der Waals surface area contributed by atoms with Gasteiger partial charge >= 0.3 is 5.97 Å². The average Bonchev–Trinajstić information content (AvgIpc) is 2.65. The molecule has 76 valence electrons. The molecule has 0 aromatic rings. The Morgan fingerprint density at radius 3 is 3.00 bits per heavy atom. The van der Waals surface area contributed by atoms with Crippen molar-refractivity contribution in [3.05, 3.63) is 0 Å². The molecule has 0 spiro atoms. The molecule has 1 aliphatic rings. The number of likely N-dealkylation sites (N-methyl/N-ethyl adjacent to an activating group) is 1. The Morgan fingerprint density at radius 2 is 2.54 bits per heavy atom. The summed E-state index contributed by atoms with van der Waals surface area (Å²) in [5.74, 6) is 0.0877. The normalized spacial score (nSPS) is 24.3. The number of carbonyl (C=O) groups is 1. The van der Waals surface area contributed by atoms with Crippen LogP contribution in [0.5, 0.6) is 0 Å². The predicted octanol–water partition coefficient (Wildman–Crippen LogP) is 0.174. The first-order chi connectivity index (χ1) is 6.29. The summed E-state index contributed by atoms with van der Waals surface area (Å²) in [6.07, 6.45) is 0.937. The molecule has 4 heteroatoms. The van der Waals surface area contributed by atoms with Gasteiger partial charge in [-0.15, -0.1) is 0 Å². The van der Waals surface area contributed by atoms with E-state index in [0.717, 1.165) is 19.6 Å². The van der Waals surface area contributed by atoms with Gasteiger partial charge in [0.25, 0.3) is 0 Å². The number of carbonyl (C=O) groups excluding carboxylic acids is 1. The van der Waals surface area contributed by atoms with Gasteiger partial charge in [-0.05, 0) is 13.0 Å². The summed E-state index contributed by atoms with van der Waals surface area (Å²) in [6.45, 7) is 4.17. The van der Waals surface area contributed by atoms with Crippen LogP contribution in [0.2, 0.25) is 0 Å². The molecule has 4 nitrogen and oxygen atoms in total. The molecule has 0 aromatic carbocycles. The second kappa shape index (κ2) is 5.19. The van der Waals surface area contributed by atoms with Crippen LogP contribution in [0.1, 0.15) is 13.3 Å². The standard InChI is InChI=1S/C9H17NO3/c1-3-10-8(9(11)12-2)7-4-5-13-6-7/h7-8,10H,3-6H2,1-2H3. The van der Waals surface area contributed by atoms with E-state index < -0.39 is 0 Å². The van der Waals surface area contributed by atoms with Gasteiger partial charge in [-0.25, -0.2) is 0 Å². The van der Waals surface area contributed by atoms with Gasteiger partial charge in [-0.2, -0.15) is 0 Å². The van der Waals surface area contributed by atoms with E-state index in [1.54, 1.807) is 0 Å². The van der Waals surface area contributed by atoms with Gasteiger partial charge in [-0.3, -0.25) is 4.79 Å². The lowest BCUT2D eigenvalue weighted by Crippen LogP contribution is -2.43. The molecule has 0 radical (unpaired) electrons. The van der Waals surface area contributed by atoms with Crippen LogP contribution in [0.25, 0.3) is 0 Å². The third kappa shape index (κ3) is 2.67. The van der Waals surface area contributed by atoms with Crippen LogP contribution >= 0.6 is 0 Å². The molecule has 2 unspecified atom stereocenters. The van der Waals surface area contributed by atoms with E-state index in [2.05, 4.69) is 5.32 Å². The van der Waals surface area contributed by atoms with Gasteiger partial charge in [0.1, 0.15) is 6.04 Å². The third-order valence-corrected chi connectivity index (χ3v) is 2.32. The number of methoxy groups -OCH3 is 1. The van der Waals surface area contributed by atoms with Crippen molar-refractivity contribution in [2.75, 3.05) is 26.9 Å². The molecule has 0 aromatic heterocycles. The van der Waals surface area contributed by atoms with Crippen LogP contribution in [0, 0.1) is 5.92 Å². The van der Waals surface area contributed by atoms with Crippen molar-refractivity contribution in [3.8, 4) is 0 Å². The van der Waals surface area contributed by atoms with E-state index in [1.165, 1.54) is 7.11 Å².